The third kappa shape index (κ3) is 4.56. The van der Waals surface area contributed by atoms with Crippen LogP contribution in [0.25, 0.3) is 0 Å². The smallest absolute Gasteiger partial charge is 0.242 e. The van der Waals surface area contributed by atoms with Gasteiger partial charge in [-0.3, -0.25) is 0 Å². The van der Waals surface area contributed by atoms with E-state index in [9.17, 15) is 8.42 Å². The Morgan fingerprint density at radius 3 is 2.68 bits per heavy atom. The van der Waals surface area contributed by atoms with Gasteiger partial charge in [0, 0.05) is 17.5 Å². The van der Waals surface area contributed by atoms with Gasteiger partial charge in [-0.15, -0.1) is 11.3 Å². The van der Waals surface area contributed by atoms with Crippen molar-refractivity contribution in [2.45, 2.75) is 57.5 Å². The zero-order valence-electron chi connectivity index (χ0n) is 12.1. The molecule has 0 aliphatic heterocycles. The minimum Gasteiger partial charge on any atom is -0.315 e. The lowest BCUT2D eigenvalue weighted by atomic mass is 10.2. The summed E-state index contributed by atoms with van der Waals surface area (Å²) in [7, 11) is -1.59. The summed E-state index contributed by atoms with van der Waals surface area (Å²) in [6.07, 6.45) is 2.99. The molecule has 1 rings (SSSR count). The minimum absolute atomic E-state index is 0.0216. The van der Waals surface area contributed by atoms with E-state index < -0.39 is 10.0 Å². The molecule has 0 fully saturated rings. The summed E-state index contributed by atoms with van der Waals surface area (Å²) < 4.78 is 27.7. The average Bonchev–Trinajstić information content (AvgIpc) is 2.68. The van der Waals surface area contributed by atoms with Crippen molar-refractivity contribution in [3.63, 3.8) is 0 Å². The first kappa shape index (κ1) is 16.6. The van der Waals surface area contributed by atoms with E-state index in [0.717, 1.165) is 29.7 Å². The molecule has 0 radical (unpaired) electrons. The summed E-state index contributed by atoms with van der Waals surface area (Å²) >= 11 is 1.49. The van der Waals surface area contributed by atoms with Gasteiger partial charge < -0.3 is 5.32 Å². The van der Waals surface area contributed by atoms with Crippen LogP contribution in [0.1, 0.15) is 43.6 Å². The molecule has 1 aromatic rings. The molecule has 0 aliphatic rings. The molecule has 0 spiro atoms. The van der Waals surface area contributed by atoms with E-state index in [2.05, 4.69) is 17.0 Å². The number of unbranched alkanes of at least 4 members (excludes halogenated alkanes) is 1. The molecule has 4 nitrogen and oxygen atoms in total. The summed E-state index contributed by atoms with van der Waals surface area (Å²) in [5.74, 6) is 0. The zero-order valence-corrected chi connectivity index (χ0v) is 13.7. The Hall–Kier alpha value is -0.430. The van der Waals surface area contributed by atoms with Crippen LogP contribution in [0.15, 0.2) is 10.3 Å². The summed E-state index contributed by atoms with van der Waals surface area (Å²) in [5, 5.41) is 4.92. The number of hydrogen-bond acceptors (Lipinski definition) is 4. The Morgan fingerprint density at radius 2 is 2.11 bits per heavy atom. The summed E-state index contributed by atoms with van der Waals surface area (Å²) in [5.41, 5.74) is 0.824. The van der Waals surface area contributed by atoms with Gasteiger partial charge in [-0.25, -0.2) is 13.1 Å². The van der Waals surface area contributed by atoms with Crippen LogP contribution >= 0.6 is 11.3 Å². The molecule has 0 saturated heterocycles. The van der Waals surface area contributed by atoms with E-state index in [-0.39, 0.29) is 6.04 Å². The number of thiophene rings is 1. The maximum absolute atomic E-state index is 12.5. The largest absolute Gasteiger partial charge is 0.315 e. The molecule has 0 aromatic carbocycles. The molecular formula is C13H24N2O2S2. The topological polar surface area (TPSA) is 58.2 Å². The molecule has 1 aromatic heterocycles. The molecule has 2 N–H and O–H groups in total. The predicted octanol–water partition coefficient (Wildman–Crippen LogP) is 2.63. The van der Waals surface area contributed by atoms with Crippen molar-refractivity contribution in [3.05, 3.63) is 15.8 Å². The summed E-state index contributed by atoms with van der Waals surface area (Å²) in [4.78, 5) is 1.32. The number of hydrogen-bond donors (Lipinski definition) is 2. The average molecular weight is 304 g/mol. The van der Waals surface area contributed by atoms with E-state index >= 15 is 0 Å². The van der Waals surface area contributed by atoms with Crippen molar-refractivity contribution in [2.24, 2.45) is 0 Å². The second-order valence-electron chi connectivity index (χ2n) is 4.87. The molecule has 0 amide bonds. The highest BCUT2D eigenvalue weighted by molar-refractivity contribution is 7.89. The van der Waals surface area contributed by atoms with Crippen LogP contribution < -0.4 is 10.0 Å². The Morgan fingerprint density at radius 1 is 1.42 bits per heavy atom. The lowest BCUT2D eigenvalue weighted by molar-refractivity contribution is 0.533. The Balaban J connectivity index is 2.90. The molecule has 19 heavy (non-hydrogen) atoms. The molecule has 6 heteroatoms. The molecule has 1 atom stereocenters. The number of sulfonamides is 1. The first-order valence-electron chi connectivity index (χ1n) is 6.66. The molecule has 1 heterocycles. The van der Waals surface area contributed by atoms with Gasteiger partial charge in [-0.1, -0.05) is 19.8 Å². The lowest BCUT2D eigenvalue weighted by Gasteiger charge is -2.15. The van der Waals surface area contributed by atoms with E-state index in [1.54, 1.807) is 0 Å². The standard InChI is InChI=1S/C13H24N2O2S2/c1-5-6-7-11(3)15-19(16,17)13-10(2)9-18-12(13)8-14-4/h9,11,14-15H,5-8H2,1-4H3. The highest BCUT2D eigenvalue weighted by Gasteiger charge is 2.24. The van der Waals surface area contributed by atoms with Crippen LogP contribution in [0, 0.1) is 6.92 Å². The van der Waals surface area contributed by atoms with E-state index in [0.29, 0.717) is 11.4 Å². The fraction of sp³-hybridized carbons (Fsp3) is 0.692. The molecular weight excluding hydrogens is 280 g/mol. The second-order valence-corrected chi connectivity index (χ2v) is 7.48. The van der Waals surface area contributed by atoms with Gasteiger partial charge in [-0.2, -0.15) is 0 Å². The Kier molecular flexibility index (Phi) is 6.46. The van der Waals surface area contributed by atoms with Gasteiger partial charge in [-0.05, 0) is 38.3 Å². The van der Waals surface area contributed by atoms with Crippen LogP contribution in [0.3, 0.4) is 0 Å². The van der Waals surface area contributed by atoms with E-state index in [1.807, 2.05) is 26.3 Å². The number of nitrogens with one attached hydrogen (secondary N) is 2. The Labute approximate surface area is 120 Å². The van der Waals surface area contributed by atoms with Crippen LogP contribution in [0.4, 0.5) is 0 Å². The zero-order chi connectivity index (χ0) is 14.5. The van der Waals surface area contributed by atoms with Crippen LogP contribution in [-0.4, -0.2) is 21.5 Å². The fourth-order valence-electron chi connectivity index (χ4n) is 2.02. The van der Waals surface area contributed by atoms with Crippen molar-refractivity contribution in [2.75, 3.05) is 7.05 Å². The van der Waals surface area contributed by atoms with Crippen molar-refractivity contribution in [3.8, 4) is 0 Å². The van der Waals surface area contributed by atoms with Crippen LogP contribution in [0.5, 0.6) is 0 Å². The van der Waals surface area contributed by atoms with Crippen molar-refractivity contribution in [1.29, 1.82) is 0 Å². The van der Waals surface area contributed by atoms with Gasteiger partial charge >= 0.3 is 0 Å². The molecule has 0 bridgehead atoms. The first-order valence-corrected chi connectivity index (χ1v) is 9.02. The van der Waals surface area contributed by atoms with Crippen LogP contribution in [-0.2, 0) is 16.6 Å². The van der Waals surface area contributed by atoms with Gasteiger partial charge in [0.05, 0.1) is 0 Å². The van der Waals surface area contributed by atoms with Crippen molar-refractivity contribution >= 4 is 21.4 Å². The first-order chi connectivity index (χ1) is 8.92. The maximum atomic E-state index is 12.5. The van der Waals surface area contributed by atoms with Crippen molar-refractivity contribution < 1.29 is 8.42 Å². The molecule has 0 saturated carbocycles. The van der Waals surface area contributed by atoms with Crippen LogP contribution in [0.2, 0.25) is 0 Å². The molecule has 1 unspecified atom stereocenters. The maximum Gasteiger partial charge on any atom is 0.242 e. The Bertz CT molecular complexity index is 495. The van der Waals surface area contributed by atoms with Gasteiger partial charge in [0.25, 0.3) is 0 Å². The minimum atomic E-state index is -3.41. The van der Waals surface area contributed by atoms with Crippen molar-refractivity contribution in [1.82, 2.24) is 10.0 Å². The number of aryl methyl sites for hydroxylation is 1. The quantitative estimate of drug-likeness (QED) is 0.776. The lowest BCUT2D eigenvalue weighted by Crippen LogP contribution is -2.33. The third-order valence-electron chi connectivity index (χ3n) is 2.94. The predicted molar refractivity (Wildman–Crippen MR) is 81.1 cm³/mol. The second kappa shape index (κ2) is 7.38. The summed E-state index contributed by atoms with van der Waals surface area (Å²) in [6.45, 7) is 6.46. The summed E-state index contributed by atoms with van der Waals surface area (Å²) in [6, 6.07) is -0.0216. The monoisotopic (exact) mass is 304 g/mol. The van der Waals surface area contributed by atoms with E-state index in [4.69, 9.17) is 0 Å². The SMILES string of the molecule is CCCCC(C)NS(=O)(=O)c1c(C)csc1CNC. The number of rotatable bonds is 8. The highest BCUT2D eigenvalue weighted by atomic mass is 32.2. The van der Waals surface area contributed by atoms with Gasteiger partial charge in [0.15, 0.2) is 0 Å². The fourth-order valence-corrected chi connectivity index (χ4v) is 5.12. The normalized spacial score (nSPS) is 13.7. The van der Waals surface area contributed by atoms with Gasteiger partial charge in [0.2, 0.25) is 10.0 Å². The molecule has 0 aliphatic carbocycles. The molecule has 110 valence electrons. The third-order valence-corrected chi connectivity index (χ3v) is 5.99. The van der Waals surface area contributed by atoms with Gasteiger partial charge in [0.1, 0.15) is 4.90 Å². The van der Waals surface area contributed by atoms with E-state index in [1.165, 1.54) is 11.3 Å². The highest BCUT2D eigenvalue weighted by Crippen LogP contribution is 2.27.